The molecule has 0 spiro atoms. The van der Waals surface area contributed by atoms with Crippen molar-refractivity contribution < 1.29 is 28.0 Å². The van der Waals surface area contributed by atoms with Gasteiger partial charge in [0.15, 0.2) is 5.78 Å². The lowest BCUT2D eigenvalue weighted by atomic mass is 10.1. The van der Waals surface area contributed by atoms with E-state index in [9.17, 15) is 28.0 Å². The van der Waals surface area contributed by atoms with E-state index < -0.39 is 41.4 Å². The van der Waals surface area contributed by atoms with Gasteiger partial charge in [0.25, 0.3) is 17.6 Å². The molecule has 2 amide bonds. The number of carbonyl (C=O) groups excluding carboxylic acids is 4. The molecule has 0 unspecified atom stereocenters. The number of allylic oxidation sites excluding steroid dienone is 3. The van der Waals surface area contributed by atoms with E-state index in [-0.39, 0.29) is 22.5 Å². The number of benzene rings is 1. The van der Waals surface area contributed by atoms with E-state index in [4.69, 9.17) is 0 Å². The number of Topliss-reactive ketones (excluding diaryl/α,β-unsaturated/α-hetero) is 1. The van der Waals surface area contributed by atoms with Crippen LogP contribution >= 0.6 is 0 Å². The van der Waals surface area contributed by atoms with Crippen molar-refractivity contribution in [3.05, 3.63) is 75.8 Å². The van der Waals surface area contributed by atoms with Crippen LogP contribution in [0.2, 0.25) is 0 Å². The van der Waals surface area contributed by atoms with Crippen LogP contribution in [0.15, 0.2) is 41.9 Å². The maximum absolute atomic E-state index is 13.5. The summed E-state index contributed by atoms with van der Waals surface area (Å²) >= 11 is 0. The van der Waals surface area contributed by atoms with Crippen LogP contribution in [0, 0.1) is 26.6 Å². The third kappa shape index (κ3) is 4.41. The van der Waals surface area contributed by atoms with Crippen molar-refractivity contribution in [2.24, 2.45) is 7.05 Å². The zero-order chi connectivity index (χ0) is 23.7. The van der Waals surface area contributed by atoms with Crippen molar-refractivity contribution in [1.82, 2.24) is 9.88 Å². The minimum absolute atomic E-state index is 0.0207. The predicted molar refractivity (Wildman–Crippen MR) is 113 cm³/mol. The Balaban J connectivity index is 1.87. The number of hydrogen-bond donors (Lipinski definition) is 2. The first-order valence-electron chi connectivity index (χ1n) is 9.69. The van der Waals surface area contributed by atoms with Crippen LogP contribution in [0.4, 0.5) is 14.5 Å². The molecule has 1 aliphatic carbocycles. The van der Waals surface area contributed by atoms with Gasteiger partial charge in [0.1, 0.15) is 11.6 Å². The molecule has 0 radical (unpaired) electrons. The summed E-state index contributed by atoms with van der Waals surface area (Å²) in [4.78, 5) is 49.6. The summed E-state index contributed by atoms with van der Waals surface area (Å²) in [6, 6.07) is 4.13. The molecular formula is C23H21F2N3O4. The van der Waals surface area contributed by atoms with Crippen molar-refractivity contribution in [3.63, 3.8) is 0 Å². The number of halogens is 2. The second-order valence-corrected chi connectivity index (χ2v) is 7.53. The molecule has 0 fully saturated rings. The van der Waals surface area contributed by atoms with Gasteiger partial charge >= 0.3 is 0 Å². The van der Waals surface area contributed by atoms with E-state index >= 15 is 0 Å². The lowest BCUT2D eigenvalue weighted by Crippen LogP contribution is -2.32. The molecule has 7 nitrogen and oxygen atoms in total. The normalized spacial score (nSPS) is 13.4. The van der Waals surface area contributed by atoms with E-state index in [1.54, 1.807) is 13.8 Å². The van der Waals surface area contributed by atoms with Gasteiger partial charge in [-0.05, 0) is 56.2 Å². The standard InChI is InChI=1S/C23H21F2N3O4/c1-11-7-15(5-6-18(11)25)26-22(31)19-12(2)20(28(4)13(19)3)21(30)23(32)27-16-8-14(24)9-17(29)10-16/h5-8,10H,9H2,1-4H3,(H,26,31)(H,27,32). The molecule has 1 aliphatic rings. The predicted octanol–water partition coefficient (Wildman–Crippen LogP) is 3.35. The number of ketones is 2. The molecule has 1 aromatic heterocycles. The number of aromatic nitrogens is 1. The second-order valence-electron chi connectivity index (χ2n) is 7.53. The van der Waals surface area contributed by atoms with Gasteiger partial charge in [0.05, 0.1) is 17.7 Å². The molecule has 2 N–H and O–H groups in total. The first kappa shape index (κ1) is 22.8. The average molecular weight is 441 g/mol. The number of hydrogen-bond acceptors (Lipinski definition) is 4. The van der Waals surface area contributed by atoms with Gasteiger partial charge in [-0.3, -0.25) is 19.2 Å². The van der Waals surface area contributed by atoms with Gasteiger partial charge in [0, 0.05) is 30.2 Å². The molecule has 0 saturated carbocycles. The largest absolute Gasteiger partial charge is 0.344 e. The summed E-state index contributed by atoms with van der Waals surface area (Å²) in [5, 5.41) is 4.89. The third-order valence-corrected chi connectivity index (χ3v) is 5.22. The number of carbonyl (C=O) groups is 4. The van der Waals surface area contributed by atoms with E-state index in [0.29, 0.717) is 16.9 Å². The fraction of sp³-hybridized carbons (Fsp3) is 0.217. The zero-order valence-corrected chi connectivity index (χ0v) is 17.9. The Kier molecular flexibility index (Phi) is 6.20. The Bertz CT molecular complexity index is 1240. The first-order valence-corrected chi connectivity index (χ1v) is 9.69. The average Bonchev–Trinajstić information content (AvgIpc) is 2.92. The van der Waals surface area contributed by atoms with Gasteiger partial charge in [-0.1, -0.05) is 0 Å². The minimum atomic E-state index is -1.07. The summed E-state index contributed by atoms with van der Waals surface area (Å²) < 4.78 is 28.3. The zero-order valence-electron chi connectivity index (χ0n) is 17.9. The van der Waals surface area contributed by atoms with E-state index in [1.807, 2.05) is 0 Å². The summed E-state index contributed by atoms with van der Waals surface area (Å²) in [5.41, 5.74) is 1.51. The fourth-order valence-corrected chi connectivity index (χ4v) is 3.57. The van der Waals surface area contributed by atoms with Crippen LogP contribution in [-0.4, -0.2) is 27.9 Å². The molecule has 0 bridgehead atoms. The van der Waals surface area contributed by atoms with Crippen LogP contribution in [0.5, 0.6) is 0 Å². The summed E-state index contributed by atoms with van der Waals surface area (Å²) in [6.07, 6.45) is 1.62. The Morgan fingerprint density at radius 2 is 1.72 bits per heavy atom. The highest BCUT2D eigenvalue weighted by atomic mass is 19.1. The molecule has 3 rings (SSSR count). The lowest BCUT2D eigenvalue weighted by Gasteiger charge is -2.10. The molecule has 32 heavy (non-hydrogen) atoms. The van der Waals surface area contributed by atoms with Crippen molar-refractivity contribution in [2.75, 3.05) is 5.32 Å². The number of anilines is 1. The highest BCUT2D eigenvalue weighted by Crippen LogP contribution is 2.24. The molecular weight excluding hydrogens is 420 g/mol. The SMILES string of the molecule is Cc1cc(NC(=O)c2c(C)c(C(=O)C(=O)NC3=CC(=O)CC(F)=C3)n(C)c2C)ccc1F. The Morgan fingerprint density at radius 1 is 1.03 bits per heavy atom. The van der Waals surface area contributed by atoms with Gasteiger partial charge in [-0.15, -0.1) is 0 Å². The van der Waals surface area contributed by atoms with Gasteiger partial charge in [-0.25, -0.2) is 8.78 Å². The first-order chi connectivity index (χ1) is 15.0. The van der Waals surface area contributed by atoms with Crippen LogP contribution in [-0.2, 0) is 16.6 Å². The van der Waals surface area contributed by atoms with Crippen LogP contribution in [0.3, 0.4) is 0 Å². The smallest absolute Gasteiger partial charge is 0.298 e. The topological polar surface area (TPSA) is 97.3 Å². The monoisotopic (exact) mass is 441 g/mol. The highest BCUT2D eigenvalue weighted by Gasteiger charge is 2.29. The molecule has 2 aromatic rings. The van der Waals surface area contributed by atoms with Crippen molar-refractivity contribution in [1.29, 1.82) is 0 Å². The number of nitrogens with one attached hydrogen (secondary N) is 2. The van der Waals surface area contributed by atoms with Gasteiger partial charge in [0.2, 0.25) is 0 Å². The van der Waals surface area contributed by atoms with Crippen molar-refractivity contribution in [2.45, 2.75) is 27.2 Å². The molecule has 166 valence electrons. The molecule has 1 aromatic carbocycles. The maximum Gasteiger partial charge on any atom is 0.298 e. The second kappa shape index (κ2) is 8.70. The Labute approximate surface area is 182 Å². The Morgan fingerprint density at radius 3 is 2.34 bits per heavy atom. The maximum atomic E-state index is 13.5. The Hall–Kier alpha value is -3.88. The molecule has 0 atom stereocenters. The van der Waals surface area contributed by atoms with E-state index in [2.05, 4.69) is 10.6 Å². The van der Waals surface area contributed by atoms with E-state index in [1.165, 1.54) is 36.7 Å². The molecule has 9 heteroatoms. The number of nitrogens with zero attached hydrogens (tertiary/aromatic N) is 1. The number of rotatable bonds is 5. The summed E-state index contributed by atoms with van der Waals surface area (Å²) in [5.74, 6) is -4.20. The van der Waals surface area contributed by atoms with Crippen molar-refractivity contribution in [3.8, 4) is 0 Å². The van der Waals surface area contributed by atoms with Gasteiger partial charge < -0.3 is 15.2 Å². The van der Waals surface area contributed by atoms with Gasteiger partial charge in [-0.2, -0.15) is 0 Å². The molecule has 1 heterocycles. The minimum Gasteiger partial charge on any atom is -0.344 e. The van der Waals surface area contributed by atoms with Crippen molar-refractivity contribution >= 4 is 29.1 Å². The number of amides is 2. The lowest BCUT2D eigenvalue weighted by molar-refractivity contribution is -0.116. The molecule has 0 saturated heterocycles. The fourth-order valence-electron chi connectivity index (χ4n) is 3.57. The van der Waals surface area contributed by atoms with Crippen LogP contribution in [0.1, 0.15) is 44.1 Å². The summed E-state index contributed by atoms with van der Waals surface area (Å²) in [6.45, 7) is 4.71. The quantitative estimate of drug-likeness (QED) is 0.549. The number of aryl methyl sites for hydroxylation is 1. The summed E-state index contributed by atoms with van der Waals surface area (Å²) in [7, 11) is 1.53. The highest BCUT2D eigenvalue weighted by molar-refractivity contribution is 6.43. The van der Waals surface area contributed by atoms with Crippen LogP contribution in [0.25, 0.3) is 0 Å². The molecule has 0 aliphatic heterocycles. The van der Waals surface area contributed by atoms with E-state index in [0.717, 1.165) is 12.2 Å². The van der Waals surface area contributed by atoms with Crippen LogP contribution < -0.4 is 10.6 Å². The third-order valence-electron chi connectivity index (χ3n) is 5.22.